The van der Waals surface area contributed by atoms with Crippen LogP contribution in [0.2, 0.25) is 0 Å². The minimum Gasteiger partial charge on any atom is -0.504 e. The molecule has 0 aliphatic carbocycles. The van der Waals surface area contributed by atoms with Gasteiger partial charge in [-0.3, -0.25) is 9.79 Å². The van der Waals surface area contributed by atoms with Crippen molar-refractivity contribution in [3.05, 3.63) is 71.5 Å². The smallest absolute Gasteiger partial charge is 0.307 e. The van der Waals surface area contributed by atoms with Gasteiger partial charge in [0.15, 0.2) is 28.5 Å². The number of ether oxygens (including phenoxy) is 3. The lowest BCUT2D eigenvalue weighted by molar-refractivity contribution is -0.143. The van der Waals surface area contributed by atoms with E-state index >= 15 is 0 Å². The lowest BCUT2D eigenvalue weighted by atomic mass is 10.1. The van der Waals surface area contributed by atoms with Gasteiger partial charge in [-0.2, -0.15) is 0 Å². The van der Waals surface area contributed by atoms with Gasteiger partial charge in [-0.25, -0.2) is 0 Å². The summed E-state index contributed by atoms with van der Waals surface area (Å²) in [6, 6.07) is 10.2. The predicted molar refractivity (Wildman–Crippen MR) is 148 cm³/mol. The molecule has 0 amide bonds. The van der Waals surface area contributed by atoms with E-state index in [1.165, 1.54) is 14.2 Å². The van der Waals surface area contributed by atoms with Crippen LogP contribution in [0.4, 0.5) is 0 Å². The first-order valence-corrected chi connectivity index (χ1v) is 13.0. The Hall–Kier alpha value is -3.85. The lowest BCUT2D eigenvalue weighted by Gasteiger charge is -2.33. The van der Waals surface area contributed by atoms with Crippen LogP contribution in [0.1, 0.15) is 24.5 Å². The Morgan fingerprint density at radius 1 is 1.00 bits per heavy atom. The quantitative estimate of drug-likeness (QED) is 0.393. The maximum absolute atomic E-state index is 12.1. The summed E-state index contributed by atoms with van der Waals surface area (Å²) in [6.45, 7) is 2.57. The molecule has 1 heterocycles. The highest BCUT2D eigenvalue weighted by atomic mass is 32.2. The number of nitrogens with zero attached hydrogens (tertiary/aromatic N) is 2. The van der Waals surface area contributed by atoms with Crippen molar-refractivity contribution in [3.8, 4) is 23.0 Å². The zero-order chi connectivity index (χ0) is 26.8. The molecule has 0 bridgehead atoms. The summed E-state index contributed by atoms with van der Waals surface area (Å²) in [7, 11) is 3.01. The lowest BCUT2D eigenvalue weighted by Crippen LogP contribution is -2.36. The maximum atomic E-state index is 12.1. The number of rotatable bonds is 11. The van der Waals surface area contributed by atoms with E-state index in [-0.39, 0.29) is 29.4 Å². The zero-order valence-electron chi connectivity index (χ0n) is 21.4. The fourth-order valence-corrected chi connectivity index (χ4v) is 4.36. The SMILES string of the molecule is CCOC(=O)CCN1C(C=Cc2ccc(O)c(OC)c2)=CC(C=Cc2ccc(O)c(OC)c2)=NC1SC. The number of carbonyl (C=O) groups excluding carboxylic acids is 1. The van der Waals surface area contributed by atoms with Crippen molar-refractivity contribution in [2.75, 3.05) is 33.6 Å². The van der Waals surface area contributed by atoms with Gasteiger partial charge in [-0.05, 0) is 66.8 Å². The number of carbonyl (C=O) groups is 1. The Balaban J connectivity index is 1.92. The largest absolute Gasteiger partial charge is 0.504 e. The Kier molecular flexibility index (Phi) is 10.1. The standard InChI is InChI=1S/C28H32N2O6S/c1-5-36-27(33)14-15-30-22(11-7-20-9-13-24(32)26(17-20)35-3)18-21(29-28(30)37-4)10-6-19-8-12-23(31)25(16-19)34-2/h6-13,16-18,28,31-32H,5,14-15H2,1-4H3. The molecule has 9 heteroatoms. The Bertz CT molecular complexity index is 1220. The van der Waals surface area contributed by atoms with Gasteiger partial charge in [0.05, 0.1) is 33.0 Å². The van der Waals surface area contributed by atoms with Crippen molar-refractivity contribution in [3.63, 3.8) is 0 Å². The highest BCUT2D eigenvalue weighted by Gasteiger charge is 2.23. The number of esters is 1. The summed E-state index contributed by atoms with van der Waals surface area (Å²) in [4.78, 5) is 19.0. The van der Waals surface area contributed by atoms with Crippen molar-refractivity contribution >= 4 is 35.6 Å². The molecule has 0 saturated carbocycles. The maximum Gasteiger partial charge on any atom is 0.307 e. The first-order chi connectivity index (χ1) is 17.9. The number of allylic oxidation sites excluding steroid dienone is 3. The molecule has 8 nitrogen and oxygen atoms in total. The van der Waals surface area contributed by atoms with Crippen LogP contribution in [0.5, 0.6) is 23.0 Å². The van der Waals surface area contributed by atoms with E-state index in [4.69, 9.17) is 19.2 Å². The van der Waals surface area contributed by atoms with Gasteiger partial charge in [0.25, 0.3) is 0 Å². The average molecular weight is 525 g/mol. The molecule has 3 rings (SSSR count). The number of hydrogen-bond donors (Lipinski definition) is 2. The molecule has 1 unspecified atom stereocenters. The summed E-state index contributed by atoms with van der Waals surface area (Å²) >= 11 is 1.56. The van der Waals surface area contributed by atoms with Crippen molar-refractivity contribution < 1.29 is 29.2 Å². The zero-order valence-corrected chi connectivity index (χ0v) is 22.2. The van der Waals surface area contributed by atoms with Crippen molar-refractivity contribution in [1.29, 1.82) is 0 Å². The van der Waals surface area contributed by atoms with Crippen LogP contribution < -0.4 is 9.47 Å². The van der Waals surface area contributed by atoms with Crippen LogP contribution in [-0.4, -0.2) is 65.9 Å². The van der Waals surface area contributed by atoms with Crippen LogP contribution in [0.25, 0.3) is 12.2 Å². The number of thioether (sulfide) groups is 1. The molecule has 37 heavy (non-hydrogen) atoms. The van der Waals surface area contributed by atoms with Crippen LogP contribution in [-0.2, 0) is 9.53 Å². The molecule has 0 radical (unpaired) electrons. The summed E-state index contributed by atoms with van der Waals surface area (Å²) in [6.07, 6.45) is 11.8. The topological polar surface area (TPSA) is 101 Å². The Morgan fingerprint density at radius 2 is 1.59 bits per heavy atom. The van der Waals surface area contributed by atoms with E-state index in [2.05, 4.69) is 4.90 Å². The molecule has 0 aromatic heterocycles. The van der Waals surface area contributed by atoms with Crippen LogP contribution >= 0.6 is 11.8 Å². The number of phenolic OH excluding ortho intramolecular Hbond substituents is 2. The van der Waals surface area contributed by atoms with Gasteiger partial charge in [0.2, 0.25) is 0 Å². The van der Waals surface area contributed by atoms with Gasteiger partial charge in [-0.1, -0.05) is 24.3 Å². The summed E-state index contributed by atoms with van der Waals surface area (Å²) in [5, 5.41) is 19.8. The molecule has 1 atom stereocenters. The van der Waals surface area contributed by atoms with Crippen LogP contribution in [0.3, 0.4) is 0 Å². The molecule has 2 aromatic rings. The molecule has 0 fully saturated rings. The summed E-state index contributed by atoms with van der Waals surface area (Å²) in [5.74, 6) is 0.664. The number of aromatic hydroxyl groups is 2. The molecule has 1 aliphatic rings. The Labute approximate surface area is 221 Å². The van der Waals surface area contributed by atoms with Crippen LogP contribution in [0, 0.1) is 0 Å². The second kappa shape index (κ2) is 13.5. The van der Waals surface area contributed by atoms with Gasteiger partial charge in [0, 0.05) is 12.2 Å². The van der Waals surface area contributed by atoms with E-state index in [1.54, 1.807) is 55.1 Å². The minimum atomic E-state index is -0.259. The number of aliphatic imine (C=N–C) groups is 1. The third-order valence-electron chi connectivity index (χ3n) is 5.53. The third-order valence-corrected chi connectivity index (χ3v) is 6.31. The van der Waals surface area contributed by atoms with E-state index in [0.717, 1.165) is 22.5 Å². The van der Waals surface area contributed by atoms with Gasteiger partial charge >= 0.3 is 5.97 Å². The first kappa shape index (κ1) is 27.7. The van der Waals surface area contributed by atoms with Gasteiger partial charge < -0.3 is 29.3 Å². The fraction of sp³-hybridized carbons (Fsp3) is 0.286. The molecular weight excluding hydrogens is 492 g/mol. The second-order valence-electron chi connectivity index (χ2n) is 7.96. The monoisotopic (exact) mass is 524 g/mol. The molecule has 2 N–H and O–H groups in total. The summed E-state index contributed by atoms with van der Waals surface area (Å²) in [5.41, 5.74) is 3.07. The summed E-state index contributed by atoms with van der Waals surface area (Å²) < 4.78 is 15.5. The van der Waals surface area contributed by atoms with E-state index in [0.29, 0.717) is 24.7 Å². The average Bonchev–Trinajstić information content (AvgIpc) is 2.91. The highest BCUT2D eigenvalue weighted by molar-refractivity contribution is 7.99. The molecule has 2 aromatic carbocycles. The van der Waals surface area contributed by atoms with Crippen molar-refractivity contribution in [2.45, 2.75) is 18.8 Å². The molecule has 0 spiro atoms. The fourth-order valence-electron chi connectivity index (χ4n) is 3.65. The number of hydrogen-bond acceptors (Lipinski definition) is 9. The van der Waals surface area contributed by atoms with Crippen LogP contribution in [0.15, 0.2) is 65.3 Å². The Morgan fingerprint density at radius 3 is 2.14 bits per heavy atom. The number of methoxy groups -OCH3 is 2. The van der Waals surface area contributed by atoms with E-state index < -0.39 is 0 Å². The number of phenols is 2. The van der Waals surface area contributed by atoms with E-state index in [9.17, 15) is 15.0 Å². The predicted octanol–water partition coefficient (Wildman–Crippen LogP) is 5.08. The van der Waals surface area contributed by atoms with Crippen molar-refractivity contribution in [2.24, 2.45) is 4.99 Å². The first-order valence-electron chi connectivity index (χ1n) is 11.7. The third kappa shape index (κ3) is 7.57. The highest BCUT2D eigenvalue weighted by Crippen LogP contribution is 2.30. The van der Waals surface area contributed by atoms with Gasteiger partial charge in [0.1, 0.15) is 0 Å². The molecular formula is C28H32N2O6S. The van der Waals surface area contributed by atoms with Gasteiger partial charge in [-0.15, -0.1) is 11.8 Å². The normalized spacial score (nSPS) is 15.6. The minimum absolute atomic E-state index is 0.0699. The van der Waals surface area contributed by atoms with E-state index in [1.807, 2.05) is 36.6 Å². The number of benzene rings is 2. The molecule has 0 saturated heterocycles. The van der Waals surface area contributed by atoms with Crippen molar-refractivity contribution in [1.82, 2.24) is 4.90 Å². The molecule has 196 valence electrons. The molecule has 1 aliphatic heterocycles. The second-order valence-corrected chi connectivity index (χ2v) is 8.86.